The Kier molecular flexibility index (Phi) is 5.20. The van der Waals surface area contributed by atoms with E-state index >= 15 is 0 Å². The predicted octanol–water partition coefficient (Wildman–Crippen LogP) is 1.35. The first kappa shape index (κ1) is 15.4. The molecule has 2 N–H and O–H groups in total. The van der Waals surface area contributed by atoms with Crippen molar-refractivity contribution in [3.05, 3.63) is 29.8 Å². The normalized spacial score (nSPS) is 15.8. The highest BCUT2D eigenvalue weighted by atomic mass is 16.5. The maximum Gasteiger partial charge on any atom is 0.260 e. The first-order chi connectivity index (χ1) is 10.1. The fourth-order valence-corrected chi connectivity index (χ4v) is 2.50. The minimum absolute atomic E-state index is 0.0361. The standard InChI is InChI=1S/C16H22N2O3/c1-2-12-4-3-5-14(10-12)21-11-15(19)18-8-6-13(7-9-18)16(17)20/h3-5,10,13H,2,6-9,11H2,1H3,(H2,17,20). The smallest absolute Gasteiger partial charge is 0.260 e. The molecular weight excluding hydrogens is 268 g/mol. The van der Waals surface area contributed by atoms with E-state index in [0.29, 0.717) is 25.9 Å². The lowest BCUT2D eigenvalue weighted by atomic mass is 9.96. The number of hydrogen-bond acceptors (Lipinski definition) is 3. The number of nitrogens with two attached hydrogens (primary N) is 1. The number of carbonyl (C=O) groups is 2. The van der Waals surface area contributed by atoms with Gasteiger partial charge in [0, 0.05) is 19.0 Å². The number of aryl methyl sites for hydroxylation is 1. The molecule has 1 aromatic carbocycles. The van der Waals surface area contributed by atoms with Crippen LogP contribution in [0.2, 0.25) is 0 Å². The van der Waals surface area contributed by atoms with Crippen molar-refractivity contribution in [2.45, 2.75) is 26.2 Å². The van der Waals surface area contributed by atoms with Gasteiger partial charge in [0.15, 0.2) is 6.61 Å². The lowest BCUT2D eigenvalue weighted by molar-refractivity contribution is -0.136. The number of amides is 2. The molecule has 1 aliphatic heterocycles. The van der Waals surface area contributed by atoms with Gasteiger partial charge in [0.1, 0.15) is 5.75 Å². The van der Waals surface area contributed by atoms with Gasteiger partial charge in [0.2, 0.25) is 5.91 Å². The Morgan fingerprint density at radius 1 is 1.33 bits per heavy atom. The fourth-order valence-electron chi connectivity index (χ4n) is 2.50. The molecule has 0 saturated carbocycles. The number of rotatable bonds is 5. The van der Waals surface area contributed by atoms with Gasteiger partial charge in [-0.1, -0.05) is 19.1 Å². The van der Waals surface area contributed by atoms with Gasteiger partial charge in [-0.25, -0.2) is 0 Å². The van der Waals surface area contributed by atoms with Crippen LogP contribution in [0.4, 0.5) is 0 Å². The maximum atomic E-state index is 12.1. The van der Waals surface area contributed by atoms with Crippen molar-refractivity contribution in [1.29, 1.82) is 0 Å². The summed E-state index contributed by atoms with van der Waals surface area (Å²) in [6, 6.07) is 7.76. The zero-order valence-corrected chi connectivity index (χ0v) is 12.4. The SMILES string of the molecule is CCc1cccc(OCC(=O)N2CCC(C(N)=O)CC2)c1. The highest BCUT2D eigenvalue weighted by Crippen LogP contribution is 2.17. The van der Waals surface area contributed by atoms with Gasteiger partial charge in [0.05, 0.1) is 0 Å². The van der Waals surface area contributed by atoms with Crippen LogP contribution in [0.3, 0.4) is 0 Å². The average Bonchev–Trinajstić information content (AvgIpc) is 2.53. The highest BCUT2D eigenvalue weighted by molar-refractivity contribution is 5.79. The van der Waals surface area contributed by atoms with Crippen LogP contribution in [0, 0.1) is 5.92 Å². The molecule has 1 saturated heterocycles. The summed E-state index contributed by atoms with van der Waals surface area (Å²) < 4.78 is 5.55. The van der Waals surface area contributed by atoms with Crippen LogP contribution < -0.4 is 10.5 Å². The molecule has 1 aromatic rings. The van der Waals surface area contributed by atoms with E-state index in [4.69, 9.17) is 10.5 Å². The van der Waals surface area contributed by atoms with Crippen LogP contribution in [0.1, 0.15) is 25.3 Å². The molecule has 114 valence electrons. The minimum atomic E-state index is -0.269. The monoisotopic (exact) mass is 290 g/mol. The molecular formula is C16H22N2O3. The van der Waals surface area contributed by atoms with E-state index in [1.54, 1.807) is 4.90 Å². The summed E-state index contributed by atoms with van der Waals surface area (Å²) in [6.45, 7) is 3.26. The number of hydrogen-bond donors (Lipinski definition) is 1. The van der Waals surface area contributed by atoms with Crippen LogP contribution in [0.15, 0.2) is 24.3 Å². The van der Waals surface area contributed by atoms with Gasteiger partial charge in [-0.2, -0.15) is 0 Å². The topological polar surface area (TPSA) is 72.6 Å². The summed E-state index contributed by atoms with van der Waals surface area (Å²) >= 11 is 0. The van der Waals surface area contributed by atoms with Crippen LogP contribution in [0.5, 0.6) is 5.75 Å². The molecule has 0 aliphatic carbocycles. The van der Waals surface area contributed by atoms with E-state index in [9.17, 15) is 9.59 Å². The summed E-state index contributed by atoms with van der Waals surface area (Å²) in [5, 5.41) is 0. The van der Waals surface area contributed by atoms with Crippen molar-refractivity contribution >= 4 is 11.8 Å². The van der Waals surface area contributed by atoms with E-state index in [2.05, 4.69) is 6.92 Å². The Bertz CT molecular complexity index is 508. The molecule has 21 heavy (non-hydrogen) atoms. The number of benzene rings is 1. The van der Waals surface area contributed by atoms with E-state index in [-0.39, 0.29) is 24.3 Å². The summed E-state index contributed by atoms with van der Waals surface area (Å²) in [6.07, 6.45) is 2.23. The van der Waals surface area contributed by atoms with E-state index in [1.807, 2.05) is 24.3 Å². The van der Waals surface area contributed by atoms with Gasteiger partial charge in [-0.3, -0.25) is 9.59 Å². The fraction of sp³-hybridized carbons (Fsp3) is 0.500. The summed E-state index contributed by atoms with van der Waals surface area (Å²) in [5.74, 6) is 0.306. The Morgan fingerprint density at radius 3 is 2.67 bits per heavy atom. The van der Waals surface area contributed by atoms with Crippen molar-refractivity contribution < 1.29 is 14.3 Å². The molecule has 5 heteroatoms. The predicted molar refractivity (Wildman–Crippen MR) is 79.8 cm³/mol. The first-order valence-electron chi connectivity index (χ1n) is 7.39. The van der Waals surface area contributed by atoms with Gasteiger partial charge < -0.3 is 15.4 Å². The Morgan fingerprint density at radius 2 is 2.05 bits per heavy atom. The van der Waals surface area contributed by atoms with Gasteiger partial charge in [-0.05, 0) is 37.0 Å². The third kappa shape index (κ3) is 4.21. The quantitative estimate of drug-likeness (QED) is 0.889. The Hall–Kier alpha value is -2.04. The molecule has 2 amide bonds. The molecule has 0 bridgehead atoms. The van der Waals surface area contributed by atoms with Crippen molar-refractivity contribution in [1.82, 2.24) is 4.90 Å². The Balaban J connectivity index is 1.81. The Labute approximate surface area is 125 Å². The summed E-state index contributed by atoms with van der Waals surface area (Å²) in [7, 11) is 0. The van der Waals surface area contributed by atoms with Crippen molar-refractivity contribution in [3.8, 4) is 5.75 Å². The van der Waals surface area contributed by atoms with Gasteiger partial charge in [0.25, 0.3) is 5.91 Å². The molecule has 1 fully saturated rings. The zero-order valence-electron chi connectivity index (χ0n) is 12.4. The van der Waals surface area contributed by atoms with Crippen LogP contribution in [0.25, 0.3) is 0 Å². The second-order valence-electron chi connectivity index (χ2n) is 5.35. The number of ether oxygens (including phenoxy) is 1. The molecule has 0 radical (unpaired) electrons. The molecule has 1 heterocycles. The van der Waals surface area contributed by atoms with Gasteiger partial charge in [-0.15, -0.1) is 0 Å². The second kappa shape index (κ2) is 7.11. The third-order valence-corrected chi connectivity index (χ3v) is 3.92. The lowest BCUT2D eigenvalue weighted by Crippen LogP contribution is -2.43. The van der Waals surface area contributed by atoms with Crippen molar-refractivity contribution in [2.24, 2.45) is 11.7 Å². The molecule has 0 atom stereocenters. The molecule has 0 spiro atoms. The molecule has 1 aliphatic rings. The number of carbonyl (C=O) groups excluding carboxylic acids is 2. The number of primary amides is 1. The minimum Gasteiger partial charge on any atom is -0.484 e. The zero-order chi connectivity index (χ0) is 15.2. The third-order valence-electron chi connectivity index (χ3n) is 3.92. The van der Waals surface area contributed by atoms with Crippen molar-refractivity contribution in [3.63, 3.8) is 0 Å². The highest BCUT2D eigenvalue weighted by Gasteiger charge is 2.25. The number of nitrogens with zero attached hydrogens (tertiary/aromatic N) is 1. The number of piperidine rings is 1. The molecule has 2 rings (SSSR count). The average molecular weight is 290 g/mol. The lowest BCUT2D eigenvalue weighted by Gasteiger charge is -2.30. The summed E-state index contributed by atoms with van der Waals surface area (Å²) in [4.78, 5) is 24.9. The van der Waals surface area contributed by atoms with E-state index in [1.165, 1.54) is 5.56 Å². The van der Waals surface area contributed by atoms with Crippen LogP contribution >= 0.6 is 0 Å². The van der Waals surface area contributed by atoms with E-state index in [0.717, 1.165) is 12.2 Å². The van der Waals surface area contributed by atoms with E-state index < -0.39 is 0 Å². The maximum absolute atomic E-state index is 12.1. The first-order valence-corrected chi connectivity index (χ1v) is 7.39. The molecule has 5 nitrogen and oxygen atoms in total. The number of likely N-dealkylation sites (tertiary alicyclic amines) is 1. The molecule has 0 unspecified atom stereocenters. The second-order valence-corrected chi connectivity index (χ2v) is 5.35. The van der Waals surface area contributed by atoms with Crippen LogP contribution in [-0.4, -0.2) is 36.4 Å². The van der Waals surface area contributed by atoms with Crippen molar-refractivity contribution in [2.75, 3.05) is 19.7 Å². The summed E-state index contributed by atoms with van der Waals surface area (Å²) in [5.41, 5.74) is 6.47. The van der Waals surface area contributed by atoms with Crippen LogP contribution in [-0.2, 0) is 16.0 Å². The largest absolute Gasteiger partial charge is 0.484 e. The van der Waals surface area contributed by atoms with Gasteiger partial charge >= 0.3 is 0 Å². The molecule has 0 aromatic heterocycles.